The van der Waals surface area contributed by atoms with Crippen LogP contribution in [0.5, 0.6) is 11.5 Å². The van der Waals surface area contributed by atoms with Crippen molar-refractivity contribution in [2.24, 2.45) is 5.73 Å². The zero-order valence-electron chi connectivity index (χ0n) is 16.1. The molecule has 1 amide bonds. The Bertz CT molecular complexity index is 1040. The van der Waals surface area contributed by atoms with Crippen molar-refractivity contribution >= 4 is 17.2 Å². The first-order chi connectivity index (χ1) is 13.8. The standard InChI is InChI=1S/C20H22N4O4S/c1-20(2,21)17(19-22-8-12(9-25)29-19)24-18(26)14-5-4-13(23-14)11-3-6-15-16(7-11)28-10-27-15/h3-8,17,23,25H,9-10,21H2,1-2H3,(H,24,26). The Hall–Kier alpha value is -2.88. The Kier molecular flexibility index (Phi) is 5.03. The number of hydrogen-bond acceptors (Lipinski definition) is 7. The maximum atomic E-state index is 12.9. The maximum Gasteiger partial charge on any atom is 0.268 e. The summed E-state index contributed by atoms with van der Waals surface area (Å²) in [4.78, 5) is 21.0. The predicted molar refractivity (Wildman–Crippen MR) is 109 cm³/mol. The molecule has 8 nitrogen and oxygen atoms in total. The number of thiazole rings is 1. The van der Waals surface area contributed by atoms with Gasteiger partial charge in [0.05, 0.1) is 17.5 Å². The number of benzene rings is 1. The predicted octanol–water partition coefficient (Wildman–Crippen LogP) is 2.57. The molecule has 9 heteroatoms. The molecular formula is C20H22N4O4S. The van der Waals surface area contributed by atoms with Gasteiger partial charge in [0, 0.05) is 23.0 Å². The van der Waals surface area contributed by atoms with Crippen molar-refractivity contribution < 1.29 is 19.4 Å². The number of aromatic amines is 1. The van der Waals surface area contributed by atoms with Gasteiger partial charge in [0.25, 0.3) is 5.91 Å². The number of H-pyrrole nitrogens is 1. The van der Waals surface area contributed by atoms with E-state index in [9.17, 15) is 9.90 Å². The number of nitrogens with two attached hydrogens (primary N) is 1. The van der Waals surface area contributed by atoms with Crippen molar-refractivity contribution in [3.63, 3.8) is 0 Å². The average Bonchev–Trinajstić information content (AvgIpc) is 3.44. The van der Waals surface area contributed by atoms with Crippen LogP contribution in [-0.2, 0) is 6.61 Å². The van der Waals surface area contributed by atoms with E-state index in [2.05, 4.69) is 15.3 Å². The Balaban J connectivity index is 1.54. The number of aromatic nitrogens is 2. The third-order valence-corrected chi connectivity index (χ3v) is 5.65. The third-order valence-electron chi connectivity index (χ3n) is 4.61. The van der Waals surface area contributed by atoms with Gasteiger partial charge in [0.2, 0.25) is 6.79 Å². The lowest BCUT2D eigenvalue weighted by atomic mass is 9.96. The van der Waals surface area contributed by atoms with Gasteiger partial charge in [-0.2, -0.15) is 0 Å². The number of nitrogens with zero attached hydrogens (tertiary/aromatic N) is 1. The number of hydrogen-bond donors (Lipinski definition) is 4. The van der Waals surface area contributed by atoms with E-state index in [-0.39, 0.29) is 19.3 Å². The fraction of sp³-hybridized carbons (Fsp3) is 0.300. The quantitative estimate of drug-likeness (QED) is 0.492. The number of amides is 1. The molecule has 1 atom stereocenters. The smallest absolute Gasteiger partial charge is 0.268 e. The number of ether oxygens (including phenoxy) is 2. The highest BCUT2D eigenvalue weighted by Gasteiger charge is 2.31. The van der Waals surface area contributed by atoms with Crippen LogP contribution in [0.15, 0.2) is 36.5 Å². The summed E-state index contributed by atoms with van der Waals surface area (Å²) in [6, 6.07) is 8.66. The second-order valence-electron chi connectivity index (χ2n) is 7.40. The van der Waals surface area contributed by atoms with Gasteiger partial charge in [-0.1, -0.05) is 0 Å². The number of carbonyl (C=O) groups excluding carboxylic acids is 1. The SMILES string of the molecule is CC(C)(N)C(NC(=O)c1ccc(-c2ccc3c(c2)OCO3)[nH]1)c1ncc(CO)s1. The molecule has 1 aliphatic rings. The summed E-state index contributed by atoms with van der Waals surface area (Å²) in [5, 5.41) is 12.9. The molecule has 0 saturated heterocycles. The molecule has 0 saturated carbocycles. The van der Waals surface area contributed by atoms with Crippen molar-refractivity contribution in [1.82, 2.24) is 15.3 Å². The van der Waals surface area contributed by atoms with Gasteiger partial charge in [0.1, 0.15) is 10.7 Å². The first-order valence-electron chi connectivity index (χ1n) is 9.09. The molecule has 5 N–H and O–H groups in total. The maximum absolute atomic E-state index is 12.9. The molecule has 29 heavy (non-hydrogen) atoms. The van der Waals surface area contributed by atoms with E-state index in [0.29, 0.717) is 27.1 Å². The molecule has 0 radical (unpaired) electrons. The summed E-state index contributed by atoms with van der Waals surface area (Å²) in [5.74, 6) is 1.09. The summed E-state index contributed by atoms with van der Waals surface area (Å²) in [7, 11) is 0. The van der Waals surface area contributed by atoms with Crippen LogP contribution in [0.2, 0.25) is 0 Å². The van der Waals surface area contributed by atoms with E-state index in [1.54, 1.807) is 12.3 Å². The highest BCUT2D eigenvalue weighted by Crippen LogP contribution is 2.35. The summed E-state index contributed by atoms with van der Waals surface area (Å²) in [6.07, 6.45) is 1.59. The highest BCUT2D eigenvalue weighted by molar-refractivity contribution is 7.11. The van der Waals surface area contributed by atoms with Gasteiger partial charge in [-0.05, 0) is 44.2 Å². The van der Waals surface area contributed by atoms with Gasteiger partial charge in [-0.3, -0.25) is 4.79 Å². The van der Waals surface area contributed by atoms with Crippen LogP contribution in [0.4, 0.5) is 0 Å². The van der Waals surface area contributed by atoms with Crippen LogP contribution in [-0.4, -0.2) is 33.3 Å². The third kappa shape index (κ3) is 3.98. The zero-order chi connectivity index (χ0) is 20.6. The molecule has 0 fully saturated rings. The molecular weight excluding hydrogens is 392 g/mol. The molecule has 0 spiro atoms. The van der Waals surface area contributed by atoms with E-state index in [4.69, 9.17) is 15.2 Å². The van der Waals surface area contributed by atoms with Crippen molar-refractivity contribution in [3.8, 4) is 22.8 Å². The Labute approximate surface area is 171 Å². The van der Waals surface area contributed by atoms with E-state index >= 15 is 0 Å². The molecule has 1 aromatic carbocycles. The largest absolute Gasteiger partial charge is 0.454 e. The van der Waals surface area contributed by atoms with Gasteiger partial charge in [-0.15, -0.1) is 11.3 Å². The van der Waals surface area contributed by atoms with Crippen LogP contribution in [0.1, 0.15) is 40.3 Å². The summed E-state index contributed by atoms with van der Waals surface area (Å²) < 4.78 is 10.7. The fourth-order valence-electron chi connectivity index (χ4n) is 3.06. The highest BCUT2D eigenvalue weighted by atomic mass is 32.1. The second-order valence-corrected chi connectivity index (χ2v) is 8.55. The lowest BCUT2D eigenvalue weighted by Gasteiger charge is -2.29. The zero-order valence-corrected chi connectivity index (χ0v) is 16.9. The van der Waals surface area contributed by atoms with Gasteiger partial charge in [0.15, 0.2) is 11.5 Å². The van der Waals surface area contributed by atoms with Crippen molar-refractivity contribution in [2.45, 2.75) is 32.0 Å². The minimum Gasteiger partial charge on any atom is -0.454 e. The topological polar surface area (TPSA) is 122 Å². The number of nitrogens with one attached hydrogen (secondary N) is 2. The van der Waals surface area contributed by atoms with Crippen molar-refractivity contribution in [1.29, 1.82) is 0 Å². The lowest BCUT2D eigenvalue weighted by Crippen LogP contribution is -2.48. The second kappa shape index (κ2) is 7.51. The van der Waals surface area contributed by atoms with Crippen LogP contribution in [0.3, 0.4) is 0 Å². The first-order valence-corrected chi connectivity index (χ1v) is 9.91. The van der Waals surface area contributed by atoms with Gasteiger partial charge < -0.3 is 30.6 Å². The van der Waals surface area contributed by atoms with E-state index in [1.165, 1.54) is 11.3 Å². The molecule has 2 aromatic heterocycles. The van der Waals surface area contributed by atoms with Crippen LogP contribution < -0.4 is 20.5 Å². The molecule has 4 rings (SSSR count). The lowest BCUT2D eigenvalue weighted by molar-refractivity contribution is 0.0914. The molecule has 0 aliphatic carbocycles. The van der Waals surface area contributed by atoms with Crippen molar-refractivity contribution in [3.05, 3.63) is 52.1 Å². The monoisotopic (exact) mass is 414 g/mol. The normalized spacial score (nSPS) is 14.1. The minimum absolute atomic E-state index is 0.0984. The molecule has 1 aliphatic heterocycles. The molecule has 3 heterocycles. The molecule has 152 valence electrons. The summed E-state index contributed by atoms with van der Waals surface area (Å²) in [6.45, 7) is 3.76. The van der Waals surface area contributed by atoms with Crippen molar-refractivity contribution in [2.75, 3.05) is 6.79 Å². The van der Waals surface area contributed by atoms with Gasteiger partial charge >= 0.3 is 0 Å². The molecule has 3 aromatic rings. The first kappa shape index (κ1) is 19.4. The number of rotatable bonds is 6. The summed E-state index contributed by atoms with van der Waals surface area (Å²) in [5.41, 5.74) is 7.63. The number of fused-ring (bicyclic) bond motifs is 1. The summed E-state index contributed by atoms with van der Waals surface area (Å²) >= 11 is 1.33. The molecule has 0 bridgehead atoms. The van der Waals surface area contributed by atoms with Crippen LogP contribution in [0, 0.1) is 0 Å². The minimum atomic E-state index is -0.743. The van der Waals surface area contributed by atoms with Gasteiger partial charge in [-0.25, -0.2) is 4.98 Å². The number of aliphatic hydroxyl groups is 1. The van der Waals surface area contributed by atoms with E-state index in [0.717, 1.165) is 11.3 Å². The fourth-order valence-corrected chi connectivity index (χ4v) is 4.09. The molecule has 1 unspecified atom stereocenters. The Morgan fingerprint density at radius 2 is 2.14 bits per heavy atom. The van der Waals surface area contributed by atoms with E-state index < -0.39 is 11.6 Å². The average molecular weight is 414 g/mol. The number of aliphatic hydroxyl groups excluding tert-OH is 1. The van der Waals surface area contributed by atoms with Crippen LogP contribution >= 0.6 is 11.3 Å². The Morgan fingerprint density at radius 1 is 1.34 bits per heavy atom. The van der Waals surface area contributed by atoms with Crippen LogP contribution in [0.25, 0.3) is 11.3 Å². The van der Waals surface area contributed by atoms with E-state index in [1.807, 2.05) is 38.1 Å². The number of carbonyl (C=O) groups is 1. The Morgan fingerprint density at radius 3 is 2.86 bits per heavy atom.